The fraction of sp³-hybridized carbons (Fsp3) is 0.600. The molecule has 0 aromatic carbocycles. The summed E-state index contributed by atoms with van der Waals surface area (Å²) in [4.78, 5) is 7.01. The SMILES string of the molecule is C=C(O/N=C(/C#N)CC)N1CCOCC1. The van der Waals surface area contributed by atoms with Gasteiger partial charge in [-0.2, -0.15) is 5.26 Å². The number of nitrogens with zero attached hydrogens (tertiary/aromatic N) is 3. The number of ether oxygens (including phenoxy) is 1. The van der Waals surface area contributed by atoms with Gasteiger partial charge in [0.1, 0.15) is 6.07 Å². The molecule has 15 heavy (non-hydrogen) atoms. The molecule has 0 aromatic heterocycles. The Bertz CT molecular complexity index is 288. The zero-order valence-corrected chi connectivity index (χ0v) is 8.90. The second kappa shape index (κ2) is 6.04. The maximum atomic E-state index is 8.63. The molecule has 0 bridgehead atoms. The number of hydrogen-bond acceptors (Lipinski definition) is 5. The Morgan fingerprint density at radius 3 is 2.80 bits per heavy atom. The van der Waals surface area contributed by atoms with Crippen LogP contribution in [-0.2, 0) is 9.57 Å². The van der Waals surface area contributed by atoms with Gasteiger partial charge >= 0.3 is 0 Å². The summed E-state index contributed by atoms with van der Waals surface area (Å²) < 4.78 is 5.19. The molecule has 0 spiro atoms. The summed E-state index contributed by atoms with van der Waals surface area (Å²) in [6, 6.07) is 1.95. The third-order valence-electron chi connectivity index (χ3n) is 2.09. The molecule has 0 unspecified atom stereocenters. The highest BCUT2D eigenvalue weighted by Crippen LogP contribution is 2.07. The van der Waals surface area contributed by atoms with Crippen molar-refractivity contribution in [3.8, 4) is 6.07 Å². The molecule has 0 amide bonds. The lowest BCUT2D eigenvalue weighted by atomic mass is 10.3. The summed E-state index contributed by atoms with van der Waals surface area (Å²) in [6.45, 7) is 8.45. The number of oxime groups is 1. The van der Waals surface area contributed by atoms with Crippen molar-refractivity contribution in [1.82, 2.24) is 4.90 Å². The fourth-order valence-corrected chi connectivity index (χ4v) is 1.14. The van der Waals surface area contributed by atoms with Gasteiger partial charge in [0.25, 0.3) is 0 Å². The van der Waals surface area contributed by atoms with Gasteiger partial charge in [-0.1, -0.05) is 12.1 Å². The number of nitriles is 1. The van der Waals surface area contributed by atoms with Crippen molar-refractivity contribution in [1.29, 1.82) is 5.26 Å². The fourth-order valence-electron chi connectivity index (χ4n) is 1.14. The van der Waals surface area contributed by atoms with E-state index in [4.69, 9.17) is 14.8 Å². The lowest BCUT2D eigenvalue weighted by Crippen LogP contribution is -2.35. The molecule has 0 aromatic rings. The van der Waals surface area contributed by atoms with Crippen molar-refractivity contribution in [2.24, 2.45) is 5.16 Å². The van der Waals surface area contributed by atoms with Crippen LogP contribution in [0.25, 0.3) is 0 Å². The topological polar surface area (TPSA) is 57.8 Å². The second-order valence-electron chi connectivity index (χ2n) is 3.09. The first-order valence-corrected chi connectivity index (χ1v) is 4.93. The molecule has 1 fully saturated rings. The van der Waals surface area contributed by atoms with Crippen molar-refractivity contribution in [2.75, 3.05) is 26.3 Å². The molecule has 1 saturated heterocycles. The van der Waals surface area contributed by atoms with Crippen LogP contribution in [0.5, 0.6) is 0 Å². The van der Waals surface area contributed by atoms with Gasteiger partial charge in [-0.3, -0.25) is 0 Å². The summed E-state index contributed by atoms with van der Waals surface area (Å²) in [5, 5.41) is 12.3. The lowest BCUT2D eigenvalue weighted by Gasteiger charge is -2.27. The highest BCUT2D eigenvalue weighted by atomic mass is 16.6. The zero-order chi connectivity index (χ0) is 11.1. The Morgan fingerprint density at radius 2 is 2.27 bits per heavy atom. The van der Waals surface area contributed by atoms with E-state index in [1.54, 1.807) is 0 Å². The molecule has 1 rings (SSSR count). The number of hydrogen-bond donors (Lipinski definition) is 0. The normalized spacial score (nSPS) is 17.1. The van der Waals surface area contributed by atoms with Crippen LogP contribution in [-0.4, -0.2) is 36.9 Å². The largest absolute Gasteiger partial charge is 0.378 e. The Kier molecular flexibility index (Phi) is 4.64. The third-order valence-corrected chi connectivity index (χ3v) is 2.09. The molecule has 0 atom stereocenters. The van der Waals surface area contributed by atoms with Gasteiger partial charge in [0.15, 0.2) is 5.71 Å². The van der Waals surface area contributed by atoms with Crippen LogP contribution in [0.2, 0.25) is 0 Å². The van der Waals surface area contributed by atoms with E-state index in [0.29, 0.717) is 31.2 Å². The van der Waals surface area contributed by atoms with Crippen LogP contribution in [0.3, 0.4) is 0 Å². The molecule has 1 heterocycles. The predicted octanol–water partition coefficient (Wildman–Crippen LogP) is 1.10. The van der Waals surface area contributed by atoms with Gasteiger partial charge in [0.05, 0.1) is 13.2 Å². The Morgan fingerprint density at radius 1 is 1.60 bits per heavy atom. The van der Waals surface area contributed by atoms with Crippen LogP contribution < -0.4 is 0 Å². The molecular weight excluding hydrogens is 194 g/mol. The summed E-state index contributed by atoms with van der Waals surface area (Å²) in [7, 11) is 0. The maximum Gasteiger partial charge on any atom is 0.218 e. The van der Waals surface area contributed by atoms with E-state index < -0.39 is 0 Å². The molecule has 0 N–H and O–H groups in total. The van der Waals surface area contributed by atoms with Crippen molar-refractivity contribution in [3.63, 3.8) is 0 Å². The first-order valence-electron chi connectivity index (χ1n) is 4.93. The number of morpholine rings is 1. The molecule has 1 aliphatic rings. The van der Waals surface area contributed by atoms with Gasteiger partial charge in [-0.25, -0.2) is 0 Å². The molecule has 0 radical (unpaired) electrons. The highest BCUT2D eigenvalue weighted by molar-refractivity contribution is 5.97. The van der Waals surface area contributed by atoms with E-state index in [-0.39, 0.29) is 0 Å². The third kappa shape index (κ3) is 3.60. The van der Waals surface area contributed by atoms with Gasteiger partial charge in [-0.15, -0.1) is 0 Å². The first kappa shape index (κ1) is 11.5. The highest BCUT2D eigenvalue weighted by Gasteiger charge is 2.13. The lowest BCUT2D eigenvalue weighted by molar-refractivity contribution is 0.0161. The maximum absolute atomic E-state index is 8.63. The average molecular weight is 209 g/mol. The van der Waals surface area contributed by atoms with Crippen LogP contribution in [0, 0.1) is 11.3 Å². The van der Waals surface area contributed by atoms with E-state index in [1.807, 2.05) is 17.9 Å². The Hall–Kier alpha value is -1.54. The summed E-state index contributed by atoms with van der Waals surface area (Å²) in [6.07, 6.45) is 0.562. The van der Waals surface area contributed by atoms with E-state index in [9.17, 15) is 0 Å². The van der Waals surface area contributed by atoms with Crippen LogP contribution in [0.4, 0.5) is 0 Å². The van der Waals surface area contributed by atoms with E-state index in [0.717, 1.165) is 13.1 Å². The van der Waals surface area contributed by atoms with Crippen molar-refractivity contribution in [3.05, 3.63) is 12.5 Å². The molecule has 82 valence electrons. The molecule has 5 nitrogen and oxygen atoms in total. The van der Waals surface area contributed by atoms with E-state index in [1.165, 1.54) is 0 Å². The van der Waals surface area contributed by atoms with Gasteiger partial charge in [-0.05, 0) is 6.58 Å². The molecule has 0 aliphatic carbocycles. The minimum absolute atomic E-state index is 0.365. The quantitative estimate of drug-likeness (QED) is 0.395. The second-order valence-corrected chi connectivity index (χ2v) is 3.09. The van der Waals surface area contributed by atoms with Crippen molar-refractivity contribution < 1.29 is 9.57 Å². The van der Waals surface area contributed by atoms with Gasteiger partial charge in [0, 0.05) is 19.5 Å². The summed E-state index contributed by atoms with van der Waals surface area (Å²) in [5.74, 6) is 0.472. The standard InChI is InChI=1S/C10H15N3O2/c1-3-10(8-11)12-15-9(2)13-4-6-14-7-5-13/h2-7H2,1H3/b12-10+. The van der Waals surface area contributed by atoms with E-state index >= 15 is 0 Å². The van der Waals surface area contributed by atoms with Crippen molar-refractivity contribution >= 4 is 5.71 Å². The molecule has 5 heteroatoms. The van der Waals surface area contributed by atoms with Crippen LogP contribution in [0.15, 0.2) is 17.6 Å². The molecule has 1 aliphatic heterocycles. The first-order chi connectivity index (χ1) is 7.27. The molecular formula is C10H15N3O2. The smallest absolute Gasteiger partial charge is 0.218 e. The monoisotopic (exact) mass is 209 g/mol. The van der Waals surface area contributed by atoms with Crippen molar-refractivity contribution in [2.45, 2.75) is 13.3 Å². The predicted molar refractivity (Wildman–Crippen MR) is 56.0 cm³/mol. The zero-order valence-electron chi connectivity index (χ0n) is 8.90. The minimum atomic E-state index is 0.365. The summed E-state index contributed by atoms with van der Waals surface area (Å²) >= 11 is 0. The molecule has 0 saturated carbocycles. The summed E-state index contributed by atoms with van der Waals surface area (Å²) in [5.41, 5.74) is 0.365. The minimum Gasteiger partial charge on any atom is -0.378 e. The Labute approximate surface area is 89.6 Å². The number of rotatable bonds is 4. The Balaban J connectivity index is 2.41. The van der Waals surface area contributed by atoms with Crippen LogP contribution >= 0.6 is 0 Å². The van der Waals surface area contributed by atoms with Gasteiger partial charge in [0.2, 0.25) is 5.88 Å². The van der Waals surface area contributed by atoms with Gasteiger partial charge < -0.3 is 14.5 Å². The average Bonchev–Trinajstić information content (AvgIpc) is 2.31. The van der Waals surface area contributed by atoms with E-state index in [2.05, 4.69) is 11.7 Å². The van der Waals surface area contributed by atoms with Crippen LogP contribution in [0.1, 0.15) is 13.3 Å².